The highest BCUT2D eigenvalue weighted by Crippen LogP contribution is 2.27. The van der Waals surface area contributed by atoms with Gasteiger partial charge in [-0.05, 0) is 29.3 Å². The zero-order chi connectivity index (χ0) is 10.7. The molecule has 0 amide bonds. The number of aliphatic hydroxyl groups excluding tert-OH is 1. The summed E-state index contributed by atoms with van der Waals surface area (Å²) < 4.78 is 2.95. The molecule has 2 atom stereocenters. The third kappa shape index (κ3) is 2.36. The second-order valence-electron chi connectivity index (χ2n) is 3.63. The van der Waals surface area contributed by atoms with Crippen LogP contribution in [0.4, 0.5) is 0 Å². The number of hydrogen-bond acceptors (Lipinski definition) is 2. The smallest absolute Gasteiger partial charge is 0.0635 e. The minimum absolute atomic E-state index is 0.110. The molecule has 80 valence electrons. The van der Waals surface area contributed by atoms with Crippen molar-refractivity contribution >= 4 is 15.9 Å². The van der Waals surface area contributed by atoms with Crippen LogP contribution in [0.1, 0.15) is 38.8 Å². The molecule has 1 aromatic rings. The topological polar surface area (TPSA) is 38.0 Å². The number of hydrogen-bond donors (Lipinski definition) is 1. The first-order valence-electron chi connectivity index (χ1n) is 4.97. The monoisotopic (exact) mass is 260 g/mol. The molecule has 1 rings (SSSR count). The van der Waals surface area contributed by atoms with E-state index in [1.165, 1.54) is 0 Å². The van der Waals surface area contributed by atoms with E-state index in [0.717, 1.165) is 23.1 Å². The number of nitrogens with zero attached hydrogens (tertiary/aromatic N) is 2. The van der Waals surface area contributed by atoms with Crippen LogP contribution in [-0.4, -0.2) is 21.0 Å². The lowest BCUT2D eigenvalue weighted by Crippen LogP contribution is -2.16. The van der Waals surface area contributed by atoms with Gasteiger partial charge >= 0.3 is 0 Å². The van der Waals surface area contributed by atoms with Crippen LogP contribution < -0.4 is 0 Å². The Bertz CT molecular complexity index is 296. The second kappa shape index (κ2) is 4.94. The van der Waals surface area contributed by atoms with Crippen molar-refractivity contribution in [3.63, 3.8) is 0 Å². The van der Waals surface area contributed by atoms with Crippen molar-refractivity contribution in [3.8, 4) is 0 Å². The summed E-state index contributed by atoms with van der Waals surface area (Å²) in [4.78, 5) is 0. The lowest BCUT2D eigenvalue weighted by molar-refractivity contribution is 0.164. The molecular weight excluding hydrogens is 244 g/mol. The van der Waals surface area contributed by atoms with Gasteiger partial charge in [-0.2, -0.15) is 5.10 Å². The van der Waals surface area contributed by atoms with E-state index in [2.05, 4.69) is 28.0 Å². The number of halogens is 1. The highest BCUT2D eigenvalue weighted by Gasteiger charge is 2.19. The van der Waals surface area contributed by atoms with E-state index in [9.17, 15) is 5.11 Å². The SMILES string of the molecule is CCCn1ncc(Br)c1C(C)C(C)O. The summed E-state index contributed by atoms with van der Waals surface area (Å²) in [5, 5.41) is 13.8. The maximum Gasteiger partial charge on any atom is 0.0635 e. The maximum atomic E-state index is 9.55. The second-order valence-corrected chi connectivity index (χ2v) is 4.48. The maximum absolute atomic E-state index is 9.55. The van der Waals surface area contributed by atoms with Crippen LogP contribution >= 0.6 is 15.9 Å². The number of aliphatic hydroxyl groups is 1. The van der Waals surface area contributed by atoms with Crippen LogP contribution in [0.5, 0.6) is 0 Å². The van der Waals surface area contributed by atoms with E-state index < -0.39 is 0 Å². The highest BCUT2D eigenvalue weighted by molar-refractivity contribution is 9.10. The van der Waals surface area contributed by atoms with Gasteiger partial charge in [-0.1, -0.05) is 13.8 Å². The predicted octanol–water partition coefficient (Wildman–Crippen LogP) is 2.54. The molecule has 1 N–H and O–H groups in total. The van der Waals surface area contributed by atoms with E-state index in [1.54, 1.807) is 13.1 Å². The molecule has 1 heterocycles. The van der Waals surface area contributed by atoms with E-state index >= 15 is 0 Å². The summed E-state index contributed by atoms with van der Waals surface area (Å²) in [5.74, 6) is 0.110. The lowest BCUT2D eigenvalue weighted by Gasteiger charge is -2.17. The van der Waals surface area contributed by atoms with Crippen molar-refractivity contribution in [1.29, 1.82) is 0 Å². The third-order valence-corrected chi connectivity index (χ3v) is 3.03. The van der Waals surface area contributed by atoms with Crippen LogP contribution in [0.2, 0.25) is 0 Å². The van der Waals surface area contributed by atoms with Crippen LogP contribution in [-0.2, 0) is 6.54 Å². The van der Waals surface area contributed by atoms with Crippen molar-refractivity contribution in [2.24, 2.45) is 0 Å². The zero-order valence-corrected chi connectivity index (χ0v) is 10.5. The molecule has 0 spiro atoms. The van der Waals surface area contributed by atoms with Gasteiger partial charge in [0.25, 0.3) is 0 Å². The van der Waals surface area contributed by atoms with Gasteiger partial charge in [-0.15, -0.1) is 0 Å². The average Bonchev–Trinajstić information content (AvgIpc) is 2.47. The van der Waals surface area contributed by atoms with Gasteiger partial charge < -0.3 is 5.11 Å². The average molecular weight is 261 g/mol. The number of aryl methyl sites for hydroxylation is 1. The molecule has 3 nitrogen and oxygen atoms in total. The summed E-state index contributed by atoms with van der Waals surface area (Å²) in [7, 11) is 0. The fourth-order valence-electron chi connectivity index (χ4n) is 1.44. The standard InChI is InChI=1S/C10H17BrN2O/c1-4-5-13-10(7(2)8(3)14)9(11)6-12-13/h6-8,14H,4-5H2,1-3H3. The Balaban J connectivity index is 2.97. The molecule has 0 aromatic carbocycles. The van der Waals surface area contributed by atoms with Crippen LogP contribution in [0.15, 0.2) is 10.7 Å². The van der Waals surface area contributed by atoms with Crippen molar-refractivity contribution in [3.05, 3.63) is 16.4 Å². The zero-order valence-electron chi connectivity index (χ0n) is 8.87. The summed E-state index contributed by atoms with van der Waals surface area (Å²) in [6, 6.07) is 0. The van der Waals surface area contributed by atoms with E-state index in [1.807, 2.05) is 11.6 Å². The van der Waals surface area contributed by atoms with E-state index in [-0.39, 0.29) is 12.0 Å². The largest absolute Gasteiger partial charge is 0.393 e. The summed E-state index contributed by atoms with van der Waals surface area (Å²) >= 11 is 3.46. The fraction of sp³-hybridized carbons (Fsp3) is 0.700. The van der Waals surface area contributed by atoms with Crippen LogP contribution in [0.3, 0.4) is 0 Å². The first kappa shape index (κ1) is 11.7. The molecule has 0 saturated heterocycles. The first-order valence-corrected chi connectivity index (χ1v) is 5.76. The molecule has 0 fully saturated rings. The van der Waals surface area contributed by atoms with Gasteiger partial charge in [0.15, 0.2) is 0 Å². The Kier molecular flexibility index (Phi) is 4.13. The van der Waals surface area contributed by atoms with E-state index in [0.29, 0.717) is 0 Å². The summed E-state index contributed by atoms with van der Waals surface area (Å²) in [6.45, 7) is 6.84. The van der Waals surface area contributed by atoms with Gasteiger partial charge in [0.2, 0.25) is 0 Å². The van der Waals surface area contributed by atoms with Gasteiger partial charge in [-0.3, -0.25) is 4.68 Å². The minimum atomic E-state index is -0.349. The molecule has 0 aliphatic heterocycles. The number of aromatic nitrogens is 2. The number of rotatable bonds is 4. The van der Waals surface area contributed by atoms with Gasteiger partial charge in [0.05, 0.1) is 22.5 Å². The Labute approximate surface area is 93.3 Å². The van der Waals surface area contributed by atoms with E-state index in [4.69, 9.17) is 0 Å². The van der Waals surface area contributed by atoms with Gasteiger partial charge in [0.1, 0.15) is 0 Å². The Morgan fingerprint density at radius 1 is 1.57 bits per heavy atom. The molecule has 0 radical (unpaired) electrons. The van der Waals surface area contributed by atoms with Crippen molar-refractivity contribution in [1.82, 2.24) is 9.78 Å². The fourth-order valence-corrected chi connectivity index (χ4v) is 2.10. The van der Waals surface area contributed by atoms with Crippen LogP contribution in [0, 0.1) is 0 Å². The highest BCUT2D eigenvalue weighted by atomic mass is 79.9. The summed E-state index contributed by atoms with van der Waals surface area (Å²) in [5.41, 5.74) is 1.09. The van der Waals surface area contributed by atoms with Gasteiger partial charge in [0, 0.05) is 12.5 Å². The third-order valence-electron chi connectivity index (χ3n) is 2.42. The summed E-state index contributed by atoms with van der Waals surface area (Å²) in [6.07, 6.45) is 2.50. The molecular formula is C10H17BrN2O. The molecule has 0 bridgehead atoms. The van der Waals surface area contributed by atoms with Crippen molar-refractivity contribution in [2.45, 2.75) is 45.8 Å². The normalized spacial score (nSPS) is 15.5. The quantitative estimate of drug-likeness (QED) is 0.904. The molecule has 0 aliphatic rings. The van der Waals surface area contributed by atoms with Crippen LogP contribution in [0.25, 0.3) is 0 Å². The molecule has 14 heavy (non-hydrogen) atoms. The Morgan fingerprint density at radius 2 is 2.21 bits per heavy atom. The molecule has 2 unspecified atom stereocenters. The minimum Gasteiger partial charge on any atom is -0.393 e. The molecule has 4 heteroatoms. The van der Waals surface area contributed by atoms with Gasteiger partial charge in [-0.25, -0.2) is 0 Å². The molecule has 0 aliphatic carbocycles. The Morgan fingerprint density at radius 3 is 2.71 bits per heavy atom. The first-order chi connectivity index (χ1) is 6.57. The van der Waals surface area contributed by atoms with Crippen molar-refractivity contribution < 1.29 is 5.11 Å². The van der Waals surface area contributed by atoms with Crippen molar-refractivity contribution in [2.75, 3.05) is 0 Å². The predicted molar refractivity (Wildman–Crippen MR) is 60.3 cm³/mol. The Hall–Kier alpha value is -0.350. The molecule has 1 aromatic heterocycles. The molecule has 0 saturated carbocycles. The lowest BCUT2D eigenvalue weighted by atomic mass is 10.0.